The molecule has 1 aromatic rings. The fraction of sp³-hybridized carbons (Fsp3) is 0.792. The van der Waals surface area contributed by atoms with Crippen LogP contribution in [0.3, 0.4) is 0 Å². The van der Waals surface area contributed by atoms with Crippen molar-refractivity contribution in [2.75, 3.05) is 41.8 Å². The van der Waals surface area contributed by atoms with Crippen molar-refractivity contribution in [2.45, 2.75) is 193 Å². The summed E-state index contributed by atoms with van der Waals surface area (Å²) in [6.07, 6.45) is -4.06. The number of benzene rings is 1. The summed E-state index contributed by atoms with van der Waals surface area (Å²) >= 11 is 0. The number of Topliss-reactive ketones (excluding diaryl/α,β-unsaturated/α-hetero) is 1. The van der Waals surface area contributed by atoms with E-state index in [1.807, 2.05) is 43.3 Å². The highest BCUT2D eigenvalue weighted by Gasteiger charge is 2.50. The van der Waals surface area contributed by atoms with Crippen molar-refractivity contribution in [1.29, 1.82) is 0 Å². The minimum atomic E-state index is -2.68. The van der Waals surface area contributed by atoms with E-state index in [0.29, 0.717) is 13.2 Å². The highest BCUT2D eigenvalue weighted by Crippen LogP contribution is 2.42. The van der Waals surface area contributed by atoms with Crippen molar-refractivity contribution >= 4 is 28.4 Å². The van der Waals surface area contributed by atoms with Gasteiger partial charge in [-0.1, -0.05) is 98.7 Å². The highest BCUT2D eigenvalue weighted by molar-refractivity contribution is 6.74. The molecule has 9 atom stereocenters. The second-order valence-electron chi connectivity index (χ2n) is 20.7. The molecular weight excluding hydrogens is 841 g/mol. The Kier molecular flexibility index (Phi) is 24.8. The zero-order chi connectivity index (χ0) is 48.6. The molecule has 15 heteroatoms. The van der Waals surface area contributed by atoms with Crippen LogP contribution in [0.4, 0.5) is 0 Å². The molecule has 13 nitrogen and oxygen atoms in total. The predicted molar refractivity (Wildman–Crippen MR) is 254 cm³/mol. The van der Waals surface area contributed by atoms with Crippen LogP contribution in [0.1, 0.15) is 107 Å². The fourth-order valence-corrected chi connectivity index (χ4v) is 9.36. The Hall–Kier alpha value is -1.87. The van der Waals surface area contributed by atoms with Crippen LogP contribution in [0.5, 0.6) is 0 Å². The Bertz CT molecular complexity index is 1510. The van der Waals surface area contributed by atoms with Crippen LogP contribution in [-0.4, -0.2) is 134 Å². The molecule has 0 aliphatic heterocycles. The maximum Gasteiger partial charge on any atom is 0.335 e. The third-order valence-corrected chi connectivity index (χ3v) is 22.4. The van der Waals surface area contributed by atoms with E-state index < -0.39 is 76.9 Å². The second-order valence-corrected chi connectivity index (χ2v) is 30.2. The summed E-state index contributed by atoms with van der Waals surface area (Å²) in [7, 11) is 0.726. The molecule has 0 bridgehead atoms. The average molecular weight is 929 g/mol. The molecule has 0 aliphatic rings. The lowest BCUT2D eigenvalue weighted by Gasteiger charge is -2.45. The van der Waals surface area contributed by atoms with Crippen LogP contribution in [0, 0.1) is 11.3 Å². The number of aliphatic hydroxyl groups is 2. The Balaban J connectivity index is 3.53. The Labute approximate surface area is 383 Å². The van der Waals surface area contributed by atoms with Gasteiger partial charge in [-0.2, -0.15) is 0 Å². The monoisotopic (exact) mass is 929 g/mol. The molecule has 0 aliphatic carbocycles. The molecule has 0 saturated carbocycles. The summed E-state index contributed by atoms with van der Waals surface area (Å²) in [4.78, 5) is 27.6. The topological polar surface area (TPSA) is 169 Å². The molecule has 0 spiro atoms. The van der Waals surface area contributed by atoms with Gasteiger partial charge in [0.2, 0.25) is 0 Å². The Morgan fingerprint density at radius 3 is 1.71 bits per heavy atom. The van der Waals surface area contributed by atoms with Gasteiger partial charge in [0.05, 0.1) is 55.3 Å². The Morgan fingerprint density at radius 2 is 1.25 bits per heavy atom. The summed E-state index contributed by atoms with van der Waals surface area (Å²) < 4.78 is 48.4. The zero-order valence-corrected chi connectivity index (χ0v) is 44.2. The molecule has 0 saturated heterocycles. The molecule has 0 unspecified atom stereocenters. The van der Waals surface area contributed by atoms with Crippen LogP contribution in [0.15, 0.2) is 42.0 Å². The van der Waals surface area contributed by atoms with Crippen molar-refractivity contribution in [3.05, 3.63) is 47.5 Å². The molecule has 0 aromatic heterocycles. The largest absolute Gasteiger partial charge is 0.479 e. The van der Waals surface area contributed by atoms with Crippen LogP contribution >= 0.6 is 0 Å². The first-order valence-electron chi connectivity index (χ1n) is 22.5. The van der Waals surface area contributed by atoms with Gasteiger partial charge in [0, 0.05) is 60.0 Å². The number of hydrogen-bond acceptors (Lipinski definition) is 12. The minimum Gasteiger partial charge on any atom is -0.479 e. The molecule has 63 heavy (non-hydrogen) atoms. The zero-order valence-electron chi connectivity index (χ0n) is 42.2. The van der Waals surface area contributed by atoms with Gasteiger partial charge < -0.3 is 52.6 Å². The number of carboxylic acid groups (broad SMARTS) is 1. The normalized spacial score (nSPS) is 17.9. The van der Waals surface area contributed by atoms with Gasteiger partial charge in [0.1, 0.15) is 12.9 Å². The number of rotatable bonds is 31. The van der Waals surface area contributed by atoms with E-state index in [1.54, 1.807) is 21.0 Å². The SMILES string of the molecule is CC[C@H](/C=C(/C)[C@@H](O)C[C@H](C[C@H](O)C(C)(C)C(=O)[C@H](O[Si](C)(C)C(C)(C)C)[C@@H](C[C@H](C[C@@H](OC)[C@H](OCOC)C(=O)O)O[Si](C)(C)C(C)(C)C)OC)OC)COCc1ccccc1. The van der Waals surface area contributed by atoms with Crippen molar-refractivity contribution in [3.8, 4) is 0 Å². The number of aliphatic carboxylic acids is 1. The van der Waals surface area contributed by atoms with Crippen LogP contribution in [0.2, 0.25) is 36.3 Å². The van der Waals surface area contributed by atoms with Gasteiger partial charge >= 0.3 is 5.97 Å². The van der Waals surface area contributed by atoms with Crippen LogP contribution in [0.25, 0.3) is 0 Å². The van der Waals surface area contributed by atoms with E-state index >= 15 is 4.79 Å². The summed E-state index contributed by atoms with van der Waals surface area (Å²) in [6.45, 7) is 29.1. The maximum absolute atomic E-state index is 15.1. The third-order valence-electron chi connectivity index (χ3n) is 13.4. The maximum atomic E-state index is 15.1. The van der Waals surface area contributed by atoms with E-state index in [1.165, 1.54) is 21.3 Å². The van der Waals surface area contributed by atoms with Gasteiger partial charge in [0.25, 0.3) is 0 Å². The lowest BCUT2D eigenvalue weighted by Crippen LogP contribution is -2.56. The van der Waals surface area contributed by atoms with Gasteiger partial charge in [-0.05, 0) is 60.7 Å². The first-order valence-corrected chi connectivity index (χ1v) is 28.3. The van der Waals surface area contributed by atoms with E-state index in [9.17, 15) is 20.1 Å². The molecule has 0 radical (unpaired) electrons. The molecular formula is C48H88O13Si2. The lowest BCUT2D eigenvalue weighted by atomic mass is 9.76. The van der Waals surface area contributed by atoms with Crippen LogP contribution < -0.4 is 0 Å². The van der Waals surface area contributed by atoms with Gasteiger partial charge in [-0.15, -0.1) is 0 Å². The number of carbonyl (C=O) groups is 2. The standard InChI is InChI=1S/C48H88O13Si2/c1-19-34(30-58-31-35-23-21-20-22-24-35)25-33(2)38(49)26-36(55-12)29-41(50)48(9,10)44(51)42(61-63(17,18)47(6,7)8)39(56-13)27-37(60-62(15,16)46(3,4)5)28-40(57-14)43(45(52)53)59-32-54-11/h20-25,34,36-43,49-50H,19,26-32H2,1-18H3,(H,52,53)/b33-25-/t34-,36-,37-,38+,39-,40-,41+,42-,43+/m1/s1. The van der Waals surface area contributed by atoms with Gasteiger partial charge in [-0.25, -0.2) is 4.79 Å². The number of ketones is 1. The summed E-state index contributed by atoms with van der Waals surface area (Å²) in [5.41, 5.74) is 0.530. The van der Waals surface area contributed by atoms with Crippen molar-refractivity contribution < 1.29 is 62.2 Å². The number of methoxy groups -OCH3 is 4. The minimum absolute atomic E-state index is 0.0755. The fourth-order valence-electron chi connectivity index (χ4n) is 6.73. The predicted octanol–water partition coefficient (Wildman–Crippen LogP) is 8.95. The summed E-state index contributed by atoms with van der Waals surface area (Å²) in [5.74, 6) is -1.45. The first-order chi connectivity index (χ1) is 29.0. The number of aliphatic hydroxyl groups excluding tert-OH is 2. The smallest absolute Gasteiger partial charge is 0.335 e. The number of ether oxygens (including phenoxy) is 6. The van der Waals surface area contributed by atoms with E-state index in [-0.39, 0.29) is 54.3 Å². The summed E-state index contributed by atoms with van der Waals surface area (Å²) in [5, 5.41) is 33.0. The first kappa shape index (κ1) is 59.2. The third kappa shape index (κ3) is 18.7. The lowest BCUT2D eigenvalue weighted by molar-refractivity contribution is -0.175. The molecule has 0 heterocycles. The molecule has 1 rings (SSSR count). The van der Waals surface area contributed by atoms with Crippen molar-refractivity contribution in [2.24, 2.45) is 11.3 Å². The Morgan fingerprint density at radius 1 is 0.730 bits per heavy atom. The number of carbonyl (C=O) groups excluding carboxylic acids is 1. The number of carboxylic acids is 1. The molecule has 366 valence electrons. The average Bonchev–Trinajstić information content (AvgIpc) is 3.19. The van der Waals surface area contributed by atoms with Crippen LogP contribution in [-0.2, 0) is 53.5 Å². The quantitative estimate of drug-likeness (QED) is 0.0367. The van der Waals surface area contributed by atoms with Gasteiger partial charge in [0.15, 0.2) is 28.5 Å². The van der Waals surface area contributed by atoms with Gasteiger partial charge in [-0.3, -0.25) is 4.79 Å². The van der Waals surface area contributed by atoms with E-state index in [0.717, 1.165) is 17.6 Å². The van der Waals surface area contributed by atoms with Crippen molar-refractivity contribution in [3.63, 3.8) is 0 Å². The van der Waals surface area contributed by atoms with E-state index in [4.69, 9.17) is 37.3 Å². The summed E-state index contributed by atoms with van der Waals surface area (Å²) in [6, 6.07) is 10.00. The molecule has 0 fully saturated rings. The molecule has 1 aromatic carbocycles. The van der Waals surface area contributed by atoms with Crippen molar-refractivity contribution in [1.82, 2.24) is 0 Å². The second kappa shape index (κ2) is 26.5. The molecule has 3 N–H and O–H groups in total. The van der Waals surface area contributed by atoms with E-state index in [2.05, 4.69) is 74.7 Å². The molecule has 0 amide bonds. The number of hydrogen-bond donors (Lipinski definition) is 3. The highest BCUT2D eigenvalue weighted by atomic mass is 28.4.